The van der Waals surface area contributed by atoms with Gasteiger partial charge in [0.2, 0.25) is 0 Å². The first-order chi connectivity index (χ1) is 8.28. The van der Waals surface area contributed by atoms with Crippen LogP contribution in [0.4, 0.5) is 0 Å². The summed E-state index contributed by atoms with van der Waals surface area (Å²) < 4.78 is 0. The van der Waals surface area contributed by atoms with Gasteiger partial charge in [-0.2, -0.15) is 0 Å². The SMILES string of the molecule is NCCC1CCCN(Cc2cnc(Cl)cn2)C1. The van der Waals surface area contributed by atoms with Gasteiger partial charge >= 0.3 is 0 Å². The fourth-order valence-corrected chi connectivity index (χ4v) is 2.51. The van der Waals surface area contributed by atoms with Crippen LogP contribution < -0.4 is 5.73 Å². The number of rotatable bonds is 4. The van der Waals surface area contributed by atoms with Gasteiger partial charge in [-0.05, 0) is 38.3 Å². The van der Waals surface area contributed by atoms with Gasteiger partial charge in [-0.25, -0.2) is 4.98 Å². The minimum absolute atomic E-state index is 0.452. The molecule has 1 aliphatic heterocycles. The van der Waals surface area contributed by atoms with E-state index in [0.29, 0.717) is 5.15 Å². The van der Waals surface area contributed by atoms with Crippen LogP contribution in [0, 0.1) is 5.92 Å². The summed E-state index contributed by atoms with van der Waals surface area (Å²) in [5.74, 6) is 0.744. The number of halogens is 1. The number of hydrogen-bond donors (Lipinski definition) is 1. The smallest absolute Gasteiger partial charge is 0.147 e. The molecule has 1 aromatic rings. The molecule has 2 rings (SSSR count). The van der Waals surface area contributed by atoms with Crippen LogP contribution in [0.15, 0.2) is 12.4 Å². The zero-order valence-electron chi connectivity index (χ0n) is 9.98. The van der Waals surface area contributed by atoms with Crippen molar-refractivity contribution >= 4 is 11.6 Å². The Kier molecular flexibility index (Phi) is 4.71. The number of nitrogens with zero attached hydrogens (tertiary/aromatic N) is 3. The summed E-state index contributed by atoms with van der Waals surface area (Å²) in [6, 6.07) is 0. The number of hydrogen-bond acceptors (Lipinski definition) is 4. The normalized spacial score (nSPS) is 21.6. The Bertz CT molecular complexity index is 339. The second-order valence-corrected chi connectivity index (χ2v) is 5.04. The molecule has 1 fully saturated rings. The van der Waals surface area contributed by atoms with Crippen LogP contribution in [0.3, 0.4) is 0 Å². The van der Waals surface area contributed by atoms with Gasteiger partial charge in [-0.3, -0.25) is 9.88 Å². The molecule has 2 N–H and O–H groups in total. The van der Waals surface area contributed by atoms with E-state index in [9.17, 15) is 0 Å². The van der Waals surface area contributed by atoms with Crippen LogP contribution in [-0.2, 0) is 6.54 Å². The van der Waals surface area contributed by atoms with Gasteiger partial charge in [-0.15, -0.1) is 0 Å². The topological polar surface area (TPSA) is 55.0 Å². The van der Waals surface area contributed by atoms with Crippen molar-refractivity contribution < 1.29 is 0 Å². The molecule has 0 spiro atoms. The Balaban J connectivity index is 1.87. The standard InChI is InChI=1S/C12H19ClN4/c13-12-7-15-11(6-16-12)9-17-5-1-2-10(8-17)3-4-14/h6-7,10H,1-5,8-9,14H2. The molecular formula is C12H19ClN4. The third-order valence-corrected chi connectivity index (χ3v) is 3.43. The van der Waals surface area contributed by atoms with Crippen molar-refractivity contribution in [2.45, 2.75) is 25.8 Å². The largest absolute Gasteiger partial charge is 0.330 e. The molecule has 1 atom stereocenters. The lowest BCUT2D eigenvalue weighted by atomic mass is 9.95. The first kappa shape index (κ1) is 12.7. The molecular weight excluding hydrogens is 236 g/mol. The Morgan fingerprint density at radius 3 is 3.00 bits per heavy atom. The van der Waals surface area contributed by atoms with Crippen LogP contribution in [0.25, 0.3) is 0 Å². The summed E-state index contributed by atoms with van der Waals surface area (Å²) in [6.07, 6.45) is 7.06. The van der Waals surface area contributed by atoms with Crippen molar-refractivity contribution in [3.05, 3.63) is 23.2 Å². The maximum absolute atomic E-state index is 5.72. The minimum atomic E-state index is 0.452. The molecule has 1 aliphatic rings. The molecule has 0 aromatic carbocycles. The molecule has 1 aromatic heterocycles. The molecule has 0 radical (unpaired) electrons. The molecule has 0 aliphatic carbocycles. The van der Waals surface area contributed by atoms with Crippen molar-refractivity contribution in [2.24, 2.45) is 11.7 Å². The van der Waals surface area contributed by atoms with Crippen molar-refractivity contribution in [1.29, 1.82) is 0 Å². The van der Waals surface area contributed by atoms with E-state index in [1.54, 1.807) is 12.4 Å². The molecule has 2 heterocycles. The number of nitrogens with two attached hydrogens (primary N) is 1. The highest BCUT2D eigenvalue weighted by Gasteiger charge is 2.19. The number of likely N-dealkylation sites (tertiary alicyclic amines) is 1. The first-order valence-corrected chi connectivity index (χ1v) is 6.54. The van der Waals surface area contributed by atoms with Crippen LogP contribution in [0.1, 0.15) is 25.0 Å². The number of piperidine rings is 1. The Morgan fingerprint density at radius 1 is 1.41 bits per heavy atom. The lowest BCUT2D eigenvalue weighted by molar-refractivity contribution is 0.161. The summed E-state index contributed by atoms with van der Waals surface area (Å²) in [5, 5.41) is 0.452. The van der Waals surface area contributed by atoms with Gasteiger partial charge in [0.25, 0.3) is 0 Å². The molecule has 94 valence electrons. The zero-order valence-corrected chi connectivity index (χ0v) is 10.7. The van der Waals surface area contributed by atoms with Gasteiger partial charge in [0.1, 0.15) is 5.15 Å². The first-order valence-electron chi connectivity index (χ1n) is 6.17. The molecule has 5 heteroatoms. The van der Waals surface area contributed by atoms with Crippen molar-refractivity contribution in [3.8, 4) is 0 Å². The molecule has 0 saturated carbocycles. The highest BCUT2D eigenvalue weighted by Crippen LogP contribution is 2.20. The average Bonchev–Trinajstić information content (AvgIpc) is 2.33. The maximum Gasteiger partial charge on any atom is 0.147 e. The van der Waals surface area contributed by atoms with Crippen molar-refractivity contribution in [2.75, 3.05) is 19.6 Å². The predicted octanol–water partition coefficient (Wildman–Crippen LogP) is 1.69. The molecule has 0 amide bonds. The van der Waals surface area contributed by atoms with Gasteiger partial charge in [0.05, 0.1) is 18.1 Å². The van der Waals surface area contributed by atoms with Gasteiger partial charge in [0.15, 0.2) is 0 Å². The Morgan fingerprint density at radius 2 is 2.29 bits per heavy atom. The van der Waals surface area contributed by atoms with E-state index in [1.165, 1.54) is 12.8 Å². The van der Waals surface area contributed by atoms with E-state index >= 15 is 0 Å². The van der Waals surface area contributed by atoms with Crippen LogP contribution in [0.5, 0.6) is 0 Å². The molecule has 0 bridgehead atoms. The molecule has 1 saturated heterocycles. The highest BCUT2D eigenvalue weighted by molar-refractivity contribution is 6.29. The van der Waals surface area contributed by atoms with Gasteiger partial charge in [-0.1, -0.05) is 11.6 Å². The second-order valence-electron chi connectivity index (χ2n) is 4.65. The monoisotopic (exact) mass is 254 g/mol. The Hall–Kier alpha value is -0.710. The summed E-state index contributed by atoms with van der Waals surface area (Å²) in [7, 11) is 0. The molecule has 1 unspecified atom stereocenters. The lowest BCUT2D eigenvalue weighted by Gasteiger charge is -2.32. The van der Waals surface area contributed by atoms with Crippen LogP contribution in [-0.4, -0.2) is 34.5 Å². The quantitative estimate of drug-likeness (QED) is 0.889. The summed E-state index contributed by atoms with van der Waals surface area (Å²) in [6.45, 7) is 3.93. The zero-order chi connectivity index (χ0) is 12.1. The van der Waals surface area contributed by atoms with Crippen LogP contribution >= 0.6 is 11.6 Å². The maximum atomic E-state index is 5.72. The predicted molar refractivity (Wildman–Crippen MR) is 68.7 cm³/mol. The molecule has 17 heavy (non-hydrogen) atoms. The Labute approximate surface area is 107 Å². The van der Waals surface area contributed by atoms with Gasteiger partial charge in [0, 0.05) is 13.1 Å². The van der Waals surface area contributed by atoms with Crippen LogP contribution in [0.2, 0.25) is 5.15 Å². The fourth-order valence-electron chi connectivity index (χ4n) is 2.42. The number of aromatic nitrogens is 2. The van der Waals surface area contributed by atoms with E-state index in [1.807, 2.05) is 0 Å². The van der Waals surface area contributed by atoms with Crippen molar-refractivity contribution in [3.63, 3.8) is 0 Å². The van der Waals surface area contributed by atoms with E-state index in [2.05, 4.69) is 14.9 Å². The minimum Gasteiger partial charge on any atom is -0.330 e. The third kappa shape index (κ3) is 3.91. The van der Waals surface area contributed by atoms with Gasteiger partial charge < -0.3 is 5.73 Å². The lowest BCUT2D eigenvalue weighted by Crippen LogP contribution is -2.35. The van der Waals surface area contributed by atoms with E-state index in [-0.39, 0.29) is 0 Å². The highest BCUT2D eigenvalue weighted by atomic mass is 35.5. The second kappa shape index (κ2) is 6.28. The average molecular weight is 255 g/mol. The third-order valence-electron chi connectivity index (χ3n) is 3.24. The summed E-state index contributed by atoms with van der Waals surface area (Å²) in [5.41, 5.74) is 6.61. The van der Waals surface area contributed by atoms with E-state index in [0.717, 1.165) is 44.2 Å². The fraction of sp³-hybridized carbons (Fsp3) is 0.667. The van der Waals surface area contributed by atoms with Crippen molar-refractivity contribution in [1.82, 2.24) is 14.9 Å². The molecule has 4 nitrogen and oxygen atoms in total. The van der Waals surface area contributed by atoms with E-state index < -0.39 is 0 Å². The van der Waals surface area contributed by atoms with E-state index in [4.69, 9.17) is 17.3 Å². The summed E-state index contributed by atoms with van der Waals surface area (Å²) in [4.78, 5) is 10.8. The summed E-state index contributed by atoms with van der Waals surface area (Å²) >= 11 is 5.72.